The van der Waals surface area contributed by atoms with E-state index in [2.05, 4.69) is 33.9 Å². The molecule has 0 aliphatic heterocycles. The summed E-state index contributed by atoms with van der Waals surface area (Å²) in [6.07, 6.45) is 1.17. The molecule has 102 valence electrons. The maximum atomic E-state index is 11.3. The van der Waals surface area contributed by atoms with Crippen LogP contribution in [0, 0.1) is 0 Å². The van der Waals surface area contributed by atoms with Gasteiger partial charge in [-0.1, -0.05) is 27.7 Å². The molecule has 0 aromatic carbocycles. The first-order chi connectivity index (χ1) is 7.60. The maximum absolute atomic E-state index is 11.3. The molecule has 0 aromatic rings. The highest BCUT2D eigenvalue weighted by Crippen LogP contribution is 2.36. The summed E-state index contributed by atoms with van der Waals surface area (Å²) in [4.78, 5) is 11.3. The summed E-state index contributed by atoms with van der Waals surface area (Å²) in [6, 6.07) is 0. The van der Waals surface area contributed by atoms with Crippen LogP contribution in [0.15, 0.2) is 0 Å². The molecule has 0 aromatic heterocycles. The lowest BCUT2D eigenvalue weighted by atomic mass is 10.2. The molecule has 0 aliphatic carbocycles. The lowest BCUT2D eigenvalue weighted by Gasteiger charge is -2.36. The fraction of sp³-hybridized carbons (Fsp3) is 0.923. The molecule has 0 fully saturated rings. The van der Waals surface area contributed by atoms with Crippen LogP contribution in [0.1, 0.15) is 47.5 Å². The van der Waals surface area contributed by atoms with Gasteiger partial charge in [-0.25, -0.2) is 0 Å². The molecule has 1 atom stereocenters. The molecule has 0 saturated heterocycles. The number of carbonyl (C=O) groups excluding carboxylic acids is 1. The van der Waals surface area contributed by atoms with Gasteiger partial charge in [-0.3, -0.25) is 4.79 Å². The number of hydrogen-bond donors (Lipinski definition) is 0. The average molecular weight is 260 g/mol. The van der Waals surface area contributed by atoms with Crippen molar-refractivity contribution in [2.45, 2.75) is 71.7 Å². The van der Waals surface area contributed by atoms with Crippen molar-refractivity contribution in [3.63, 3.8) is 0 Å². The molecule has 0 spiro atoms. The van der Waals surface area contributed by atoms with Crippen molar-refractivity contribution < 1.29 is 14.0 Å². The summed E-state index contributed by atoms with van der Waals surface area (Å²) >= 11 is 0. The van der Waals surface area contributed by atoms with Gasteiger partial charge in [0.25, 0.3) is 0 Å². The highest BCUT2D eigenvalue weighted by molar-refractivity contribution is 6.74. The van der Waals surface area contributed by atoms with Gasteiger partial charge in [-0.05, 0) is 31.5 Å². The van der Waals surface area contributed by atoms with E-state index in [0.717, 1.165) is 6.42 Å². The lowest BCUT2D eigenvalue weighted by molar-refractivity contribution is -0.149. The largest absolute Gasteiger partial charge is 0.460 e. The Balaban J connectivity index is 4.08. The number of ether oxygens (including phenoxy) is 1. The van der Waals surface area contributed by atoms with Gasteiger partial charge in [0.2, 0.25) is 0 Å². The van der Waals surface area contributed by atoms with E-state index in [9.17, 15) is 4.79 Å². The third-order valence-electron chi connectivity index (χ3n) is 3.27. The normalized spacial score (nSPS) is 14.5. The summed E-state index contributed by atoms with van der Waals surface area (Å²) in [5.74, 6) is -0.126. The van der Waals surface area contributed by atoms with Crippen molar-refractivity contribution in [2.75, 3.05) is 6.61 Å². The summed E-state index contributed by atoms with van der Waals surface area (Å²) in [5.41, 5.74) is 0. The molecule has 0 saturated carbocycles. The van der Waals surface area contributed by atoms with E-state index in [4.69, 9.17) is 9.16 Å². The molecule has 0 rings (SSSR count). The average Bonchev–Trinajstić information content (AvgIpc) is 2.13. The molecular weight excluding hydrogens is 232 g/mol. The van der Waals surface area contributed by atoms with Gasteiger partial charge in [0.05, 0.1) is 6.61 Å². The van der Waals surface area contributed by atoms with Crippen LogP contribution >= 0.6 is 0 Å². The molecule has 0 amide bonds. The quantitative estimate of drug-likeness (QED) is 0.539. The fourth-order valence-corrected chi connectivity index (χ4v) is 2.15. The Labute approximate surface area is 107 Å². The van der Waals surface area contributed by atoms with Crippen LogP contribution in [0.5, 0.6) is 0 Å². The van der Waals surface area contributed by atoms with E-state index >= 15 is 0 Å². The third kappa shape index (κ3) is 6.22. The van der Waals surface area contributed by atoms with Gasteiger partial charge in [0.1, 0.15) is 6.10 Å². The number of rotatable bonds is 6. The molecular formula is C13H28O3Si. The Kier molecular flexibility index (Phi) is 6.41. The van der Waals surface area contributed by atoms with Crippen molar-refractivity contribution in [2.24, 2.45) is 0 Å². The third-order valence-corrected chi connectivity index (χ3v) is 7.77. The van der Waals surface area contributed by atoms with Crippen LogP contribution in [-0.2, 0) is 14.0 Å². The second-order valence-electron chi connectivity index (χ2n) is 6.12. The SMILES string of the molecule is CCCC(=O)O[C@@H](C)CO[Si](C)(C)C(C)(C)C. The Hall–Kier alpha value is -0.353. The Morgan fingerprint density at radius 3 is 2.24 bits per heavy atom. The smallest absolute Gasteiger partial charge is 0.306 e. The van der Waals surface area contributed by atoms with Crippen LogP contribution < -0.4 is 0 Å². The molecule has 0 radical (unpaired) electrons. The minimum Gasteiger partial charge on any atom is -0.460 e. The van der Waals surface area contributed by atoms with Gasteiger partial charge in [0, 0.05) is 6.42 Å². The minimum absolute atomic E-state index is 0.126. The summed E-state index contributed by atoms with van der Waals surface area (Å²) < 4.78 is 11.3. The lowest BCUT2D eigenvalue weighted by Crippen LogP contribution is -2.42. The van der Waals surface area contributed by atoms with Gasteiger partial charge in [-0.15, -0.1) is 0 Å². The second-order valence-corrected chi connectivity index (χ2v) is 10.9. The molecule has 17 heavy (non-hydrogen) atoms. The topological polar surface area (TPSA) is 35.5 Å². The minimum atomic E-state index is -1.73. The van der Waals surface area contributed by atoms with E-state index in [0.29, 0.717) is 13.0 Å². The van der Waals surface area contributed by atoms with Crippen LogP contribution in [0.4, 0.5) is 0 Å². The van der Waals surface area contributed by atoms with Crippen molar-refractivity contribution in [1.82, 2.24) is 0 Å². The first-order valence-corrected chi connectivity index (χ1v) is 9.34. The van der Waals surface area contributed by atoms with Crippen LogP contribution in [0.25, 0.3) is 0 Å². The number of carbonyl (C=O) groups is 1. The van der Waals surface area contributed by atoms with Gasteiger partial charge in [0.15, 0.2) is 8.32 Å². The predicted octanol–water partition coefficient (Wildman–Crippen LogP) is 3.74. The van der Waals surface area contributed by atoms with Crippen LogP contribution in [0.2, 0.25) is 18.1 Å². The Morgan fingerprint density at radius 1 is 1.29 bits per heavy atom. The van der Waals surface area contributed by atoms with Crippen LogP contribution in [-0.4, -0.2) is 27.0 Å². The summed E-state index contributed by atoms with van der Waals surface area (Å²) in [7, 11) is -1.73. The molecule has 3 nitrogen and oxygen atoms in total. The van der Waals surface area contributed by atoms with E-state index in [1.165, 1.54) is 0 Å². The molecule has 0 N–H and O–H groups in total. The summed E-state index contributed by atoms with van der Waals surface area (Å²) in [6.45, 7) is 15.4. The maximum Gasteiger partial charge on any atom is 0.306 e. The van der Waals surface area contributed by atoms with Gasteiger partial charge >= 0.3 is 5.97 Å². The Morgan fingerprint density at radius 2 is 1.82 bits per heavy atom. The molecule has 4 heteroatoms. The zero-order valence-corrected chi connectivity index (χ0v) is 13.4. The van der Waals surface area contributed by atoms with Gasteiger partial charge in [-0.2, -0.15) is 0 Å². The first-order valence-electron chi connectivity index (χ1n) is 6.43. The van der Waals surface area contributed by atoms with Gasteiger partial charge < -0.3 is 9.16 Å². The fourth-order valence-electron chi connectivity index (χ4n) is 1.06. The zero-order valence-electron chi connectivity index (χ0n) is 12.4. The zero-order chi connectivity index (χ0) is 13.7. The Bertz CT molecular complexity index is 244. The number of esters is 1. The molecule has 0 unspecified atom stereocenters. The highest BCUT2D eigenvalue weighted by Gasteiger charge is 2.37. The standard InChI is InChI=1S/C13H28O3Si/c1-8-9-12(14)16-11(2)10-15-17(6,7)13(3,4)5/h11H,8-10H2,1-7H3/t11-/m0/s1. The number of hydrogen-bond acceptors (Lipinski definition) is 3. The van der Waals surface area contributed by atoms with E-state index in [1.807, 2.05) is 13.8 Å². The highest BCUT2D eigenvalue weighted by atomic mass is 28.4. The van der Waals surface area contributed by atoms with Crippen LogP contribution in [0.3, 0.4) is 0 Å². The van der Waals surface area contributed by atoms with Crippen molar-refractivity contribution in [3.05, 3.63) is 0 Å². The van der Waals surface area contributed by atoms with Crippen molar-refractivity contribution >= 4 is 14.3 Å². The van der Waals surface area contributed by atoms with E-state index in [-0.39, 0.29) is 17.1 Å². The van der Waals surface area contributed by atoms with E-state index in [1.54, 1.807) is 0 Å². The van der Waals surface area contributed by atoms with E-state index < -0.39 is 8.32 Å². The molecule has 0 bridgehead atoms. The summed E-state index contributed by atoms with van der Waals surface area (Å²) in [5, 5.41) is 0.195. The molecule has 0 heterocycles. The first kappa shape index (κ1) is 16.6. The molecule has 0 aliphatic rings. The van der Waals surface area contributed by atoms with Crippen molar-refractivity contribution in [1.29, 1.82) is 0 Å². The predicted molar refractivity (Wildman–Crippen MR) is 73.6 cm³/mol. The monoisotopic (exact) mass is 260 g/mol. The second kappa shape index (κ2) is 6.54. The van der Waals surface area contributed by atoms with Crippen molar-refractivity contribution in [3.8, 4) is 0 Å².